The van der Waals surface area contributed by atoms with Crippen LogP contribution >= 0.6 is 43.2 Å². The molecule has 2 N–H and O–H groups in total. The number of carbonyl (C=O) groups excluding carboxylic acids is 1. The first kappa shape index (κ1) is 14.8. The minimum absolute atomic E-state index is 0.0964. The molecule has 0 unspecified atom stereocenters. The van der Waals surface area contributed by atoms with E-state index in [1.807, 2.05) is 12.1 Å². The normalized spacial score (nSPS) is 11.0. The number of nitrogens with one attached hydrogen (secondary N) is 2. The number of halogens is 2. The highest BCUT2D eigenvalue weighted by Gasteiger charge is 2.11. The second-order valence-electron chi connectivity index (χ2n) is 4.61. The maximum atomic E-state index is 12.0. The molecule has 0 saturated heterocycles. The molecule has 6 heteroatoms. The molecule has 21 heavy (non-hydrogen) atoms. The summed E-state index contributed by atoms with van der Waals surface area (Å²) in [5.41, 5.74) is 1.83. The Morgan fingerprint density at radius 3 is 2.86 bits per heavy atom. The van der Waals surface area contributed by atoms with Crippen molar-refractivity contribution in [3.05, 3.63) is 56.0 Å². The summed E-state index contributed by atoms with van der Waals surface area (Å²) in [5.74, 6) is -0.0964. The van der Waals surface area contributed by atoms with Crippen LogP contribution in [0.3, 0.4) is 0 Å². The van der Waals surface area contributed by atoms with Crippen LogP contribution in [0.5, 0.6) is 0 Å². The van der Waals surface area contributed by atoms with Gasteiger partial charge in [-0.1, -0.05) is 18.2 Å². The van der Waals surface area contributed by atoms with Crippen LogP contribution in [0.4, 0.5) is 0 Å². The first-order valence-corrected chi connectivity index (χ1v) is 8.89. The van der Waals surface area contributed by atoms with Crippen LogP contribution in [0, 0.1) is 0 Å². The number of rotatable bonds is 4. The standard InChI is InChI=1S/C15H12Br2N2OS/c16-11-7-12(19-14(11)17)15(20)18-6-5-9-8-21-13-4-2-1-3-10(9)13/h1-4,7-8,19H,5-6H2,(H,18,20). The lowest BCUT2D eigenvalue weighted by Crippen LogP contribution is -2.25. The molecule has 3 rings (SSSR count). The Balaban J connectivity index is 1.62. The Morgan fingerprint density at radius 1 is 1.29 bits per heavy atom. The van der Waals surface area contributed by atoms with Crippen molar-refractivity contribution in [1.82, 2.24) is 10.3 Å². The largest absolute Gasteiger partial charge is 0.350 e. The van der Waals surface area contributed by atoms with Crippen molar-refractivity contribution >= 4 is 59.2 Å². The van der Waals surface area contributed by atoms with Gasteiger partial charge in [-0.3, -0.25) is 4.79 Å². The van der Waals surface area contributed by atoms with Crippen molar-refractivity contribution in [3.63, 3.8) is 0 Å². The quantitative estimate of drug-likeness (QED) is 0.621. The van der Waals surface area contributed by atoms with Gasteiger partial charge in [0.2, 0.25) is 0 Å². The molecule has 0 aliphatic carbocycles. The third-order valence-corrected chi connectivity index (χ3v) is 6.01. The molecule has 0 saturated carbocycles. The van der Waals surface area contributed by atoms with Crippen LogP contribution in [0.1, 0.15) is 16.1 Å². The average Bonchev–Trinajstić information content (AvgIpc) is 3.04. The van der Waals surface area contributed by atoms with Crippen molar-refractivity contribution in [3.8, 4) is 0 Å². The Kier molecular flexibility index (Phi) is 4.47. The summed E-state index contributed by atoms with van der Waals surface area (Å²) in [6, 6.07) is 10.1. The van der Waals surface area contributed by atoms with Gasteiger partial charge in [0, 0.05) is 11.2 Å². The second kappa shape index (κ2) is 6.34. The third kappa shape index (κ3) is 3.22. The minimum Gasteiger partial charge on any atom is -0.350 e. The van der Waals surface area contributed by atoms with Crippen molar-refractivity contribution in [2.75, 3.05) is 6.54 Å². The molecule has 0 spiro atoms. The van der Waals surface area contributed by atoms with Gasteiger partial charge in [0.05, 0.1) is 9.08 Å². The fraction of sp³-hybridized carbons (Fsp3) is 0.133. The van der Waals surface area contributed by atoms with Gasteiger partial charge in [-0.25, -0.2) is 0 Å². The highest BCUT2D eigenvalue weighted by molar-refractivity contribution is 9.13. The van der Waals surface area contributed by atoms with E-state index in [4.69, 9.17) is 0 Å². The summed E-state index contributed by atoms with van der Waals surface area (Å²) >= 11 is 8.43. The molecular formula is C15H12Br2N2OS. The zero-order chi connectivity index (χ0) is 14.8. The van der Waals surface area contributed by atoms with E-state index in [1.165, 1.54) is 15.6 Å². The molecule has 0 aliphatic heterocycles. The molecule has 0 radical (unpaired) electrons. The highest BCUT2D eigenvalue weighted by Crippen LogP contribution is 2.26. The smallest absolute Gasteiger partial charge is 0.267 e. The van der Waals surface area contributed by atoms with Gasteiger partial charge in [-0.05, 0) is 66.7 Å². The number of benzene rings is 1. The number of fused-ring (bicyclic) bond motifs is 1. The molecule has 1 amide bonds. The Labute approximate surface area is 143 Å². The number of aromatic nitrogens is 1. The van der Waals surface area contributed by atoms with Crippen LogP contribution in [-0.4, -0.2) is 17.4 Å². The zero-order valence-electron chi connectivity index (χ0n) is 11.0. The van der Waals surface area contributed by atoms with E-state index in [1.54, 1.807) is 17.4 Å². The Bertz CT molecular complexity index is 774. The van der Waals surface area contributed by atoms with E-state index in [9.17, 15) is 4.79 Å². The summed E-state index contributed by atoms with van der Waals surface area (Å²) in [7, 11) is 0. The zero-order valence-corrected chi connectivity index (χ0v) is 14.9. The molecule has 0 atom stereocenters. The fourth-order valence-corrected chi connectivity index (χ4v) is 3.81. The number of hydrogen-bond donors (Lipinski definition) is 2. The van der Waals surface area contributed by atoms with Crippen LogP contribution in [0.25, 0.3) is 10.1 Å². The average molecular weight is 428 g/mol. The molecule has 0 bridgehead atoms. The molecular weight excluding hydrogens is 416 g/mol. The van der Waals surface area contributed by atoms with E-state index in [0.717, 1.165) is 15.5 Å². The van der Waals surface area contributed by atoms with E-state index < -0.39 is 0 Å². The maximum absolute atomic E-state index is 12.0. The van der Waals surface area contributed by atoms with Gasteiger partial charge in [-0.15, -0.1) is 11.3 Å². The van der Waals surface area contributed by atoms with Gasteiger partial charge in [0.15, 0.2) is 0 Å². The summed E-state index contributed by atoms with van der Waals surface area (Å²) in [6.07, 6.45) is 0.832. The SMILES string of the molecule is O=C(NCCc1csc2ccccc12)c1cc(Br)c(Br)[nH]1. The number of amides is 1. The third-order valence-electron chi connectivity index (χ3n) is 3.21. The molecule has 108 valence electrons. The molecule has 0 fully saturated rings. The van der Waals surface area contributed by atoms with Gasteiger partial charge in [-0.2, -0.15) is 0 Å². The summed E-state index contributed by atoms with van der Waals surface area (Å²) in [5, 5.41) is 6.38. The van der Waals surface area contributed by atoms with Gasteiger partial charge in [0.25, 0.3) is 5.91 Å². The molecule has 0 aliphatic rings. The maximum Gasteiger partial charge on any atom is 0.267 e. The lowest BCUT2D eigenvalue weighted by molar-refractivity contribution is 0.0949. The summed E-state index contributed by atoms with van der Waals surface area (Å²) in [6.45, 7) is 0.619. The van der Waals surface area contributed by atoms with Crippen LogP contribution in [0.2, 0.25) is 0 Å². The summed E-state index contributed by atoms with van der Waals surface area (Å²) < 4.78 is 2.91. The Hall–Kier alpha value is -1.11. The van der Waals surface area contributed by atoms with Crippen molar-refractivity contribution in [2.45, 2.75) is 6.42 Å². The number of H-pyrrole nitrogens is 1. The monoisotopic (exact) mass is 426 g/mol. The topological polar surface area (TPSA) is 44.9 Å². The van der Waals surface area contributed by atoms with Crippen LogP contribution in [-0.2, 0) is 6.42 Å². The van der Waals surface area contributed by atoms with Gasteiger partial charge in [0.1, 0.15) is 5.69 Å². The lowest BCUT2D eigenvalue weighted by Gasteiger charge is -2.03. The highest BCUT2D eigenvalue weighted by atomic mass is 79.9. The minimum atomic E-state index is -0.0964. The van der Waals surface area contributed by atoms with Crippen molar-refractivity contribution < 1.29 is 4.79 Å². The number of aromatic amines is 1. The first-order valence-electron chi connectivity index (χ1n) is 6.42. The van der Waals surface area contributed by atoms with Crippen molar-refractivity contribution in [1.29, 1.82) is 0 Å². The number of carbonyl (C=O) groups is 1. The molecule has 2 heterocycles. The predicted molar refractivity (Wildman–Crippen MR) is 94.1 cm³/mol. The molecule has 3 nitrogen and oxygen atoms in total. The van der Waals surface area contributed by atoms with E-state index >= 15 is 0 Å². The van der Waals surface area contributed by atoms with E-state index in [-0.39, 0.29) is 5.91 Å². The van der Waals surface area contributed by atoms with Gasteiger partial charge >= 0.3 is 0 Å². The lowest BCUT2D eigenvalue weighted by atomic mass is 10.1. The number of thiophene rings is 1. The van der Waals surface area contributed by atoms with Gasteiger partial charge < -0.3 is 10.3 Å². The second-order valence-corrected chi connectivity index (χ2v) is 7.17. The predicted octanol–water partition coefficient (Wildman–Crippen LogP) is 4.73. The summed E-state index contributed by atoms with van der Waals surface area (Å²) in [4.78, 5) is 15.0. The fourth-order valence-electron chi connectivity index (χ4n) is 2.16. The molecule has 1 aromatic carbocycles. The van der Waals surface area contributed by atoms with E-state index in [0.29, 0.717) is 12.2 Å². The first-order chi connectivity index (χ1) is 10.1. The molecule has 2 aromatic heterocycles. The van der Waals surface area contributed by atoms with Crippen LogP contribution in [0.15, 0.2) is 44.8 Å². The molecule has 3 aromatic rings. The Morgan fingerprint density at radius 2 is 2.10 bits per heavy atom. The van der Waals surface area contributed by atoms with E-state index in [2.05, 4.69) is 59.7 Å². The van der Waals surface area contributed by atoms with Crippen molar-refractivity contribution in [2.24, 2.45) is 0 Å². The van der Waals surface area contributed by atoms with Crippen LogP contribution < -0.4 is 5.32 Å². The number of hydrogen-bond acceptors (Lipinski definition) is 2.